The summed E-state index contributed by atoms with van der Waals surface area (Å²) in [6.45, 7) is 0. The normalized spacial score (nSPS) is 17.0. The number of aromatic hydroxyl groups is 1. The van der Waals surface area contributed by atoms with E-state index in [1.807, 2.05) is 0 Å². The van der Waals surface area contributed by atoms with Gasteiger partial charge in [-0.15, -0.1) is 0 Å². The molecule has 0 spiro atoms. The van der Waals surface area contributed by atoms with Crippen LogP contribution in [0.5, 0.6) is 5.75 Å². The maximum atomic E-state index is 10.5. The average molecular weight is 183 g/mol. The van der Waals surface area contributed by atoms with Crippen LogP contribution in [0.2, 0.25) is 0 Å². The smallest absolute Gasteiger partial charge is 0.320 e. The summed E-state index contributed by atoms with van der Waals surface area (Å²) in [6, 6.07) is 2.38. The van der Waals surface area contributed by atoms with E-state index >= 15 is 0 Å². The molecule has 1 unspecified atom stereocenters. The van der Waals surface area contributed by atoms with E-state index in [1.54, 1.807) is 0 Å². The predicted octanol–water partition coefficient (Wildman–Crippen LogP) is 0.347. The Morgan fingerprint density at radius 2 is 2.46 bits per heavy atom. The van der Waals surface area contributed by atoms with Crippen LogP contribution >= 0.6 is 0 Å². The van der Waals surface area contributed by atoms with Crippen LogP contribution in [-0.2, 0) is 11.2 Å². The lowest BCUT2D eigenvalue weighted by Gasteiger charge is -2.05. The Hall–Kier alpha value is -1.55. The first kappa shape index (κ1) is 6.91. The van der Waals surface area contributed by atoms with E-state index in [2.05, 4.69) is 0 Å². The van der Waals surface area contributed by atoms with Crippen LogP contribution in [0.25, 0.3) is 0 Å². The third-order valence-corrected chi connectivity index (χ3v) is 1.45. The molecule has 0 aliphatic carbocycles. The van der Waals surface area contributed by atoms with E-state index in [1.165, 1.54) is 18.2 Å². The Bertz CT molecular complexity index is 363. The van der Waals surface area contributed by atoms with Crippen LogP contribution in [0.3, 0.4) is 0 Å². The van der Waals surface area contributed by atoms with Gasteiger partial charge in [-0.25, -0.2) is 0 Å². The molecule has 0 heterocycles. The minimum atomic E-state index is -1.37. The first-order valence-corrected chi connectivity index (χ1v) is 3.63. The van der Waals surface area contributed by atoms with E-state index in [0.717, 1.165) is 0 Å². The second-order valence-corrected chi connectivity index (χ2v) is 2.56. The first-order valence-electron chi connectivity index (χ1n) is 4.70. The van der Waals surface area contributed by atoms with Crippen LogP contribution in [0.15, 0.2) is 24.2 Å². The lowest BCUT2D eigenvalue weighted by molar-refractivity contribution is -0.138. The molecule has 0 aromatic heterocycles. The molecule has 0 fully saturated rings. The van der Waals surface area contributed by atoms with Gasteiger partial charge >= 0.3 is 5.97 Å². The summed E-state index contributed by atoms with van der Waals surface area (Å²) in [7, 11) is 0. The largest absolute Gasteiger partial charge is 0.508 e. The summed E-state index contributed by atoms with van der Waals surface area (Å²) in [5, 5.41) is 17.8. The molecule has 1 aromatic carbocycles. The Balaban J connectivity index is 3.00. The number of phenols is 1. The van der Waals surface area contributed by atoms with E-state index in [4.69, 9.17) is 13.6 Å². The molecule has 4 nitrogen and oxygen atoms in total. The van der Waals surface area contributed by atoms with Gasteiger partial charge in [-0.05, 0) is 24.1 Å². The van der Waals surface area contributed by atoms with Crippen molar-refractivity contribution in [3.63, 3.8) is 0 Å². The number of rotatable bonds is 3. The lowest BCUT2D eigenvalue weighted by Crippen LogP contribution is -2.32. The summed E-state index contributed by atoms with van der Waals surface area (Å²) in [5.74, 6) is -1.46. The van der Waals surface area contributed by atoms with E-state index in [0.29, 0.717) is 0 Å². The predicted molar refractivity (Wildman–Crippen MR) is 47.4 cm³/mol. The zero-order valence-corrected chi connectivity index (χ0v) is 6.77. The summed E-state index contributed by atoms with van der Waals surface area (Å²) in [4.78, 5) is 10.5. The van der Waals surface area contributed by atoms with Gasteiger partial charge in [-0.1, -0.05) is 12.1 Å². The van der Waals surface area contributed by atoms with Crippen molar-refractivity contribution in [2.75, 3.05) is 0 Å². The number of phenolic OH excluding ortho intramolecular Hbond substituents is 1. The van der Waals surface area contributed by atoms with Crippen LogP contribution in [0.4, 0.5) is 0 Å². The van der Waals surface area contributed by atoms with Crippen molar-refractivity contribution in [3.8, 4) is 5.75 Å². The zero-order chi connectivity index (χ0) is 11.6. The number of nitrogens with two attached hydrogens (primary N) is 1. The van der Waals surface area contributed by atoms with Crippen LogP contribution in [0.1, 0.15) is 8.30 Å². The number of carboxylic acid groups (broad SMARTS) is 1. The molecule has 0 aliphatic rings. The minimum Gasteiger partial charge on any atom is -0.508 e. The van der Waals surface area contributed by atoms with Gasteiger partial charge in [0.2, 0.25) is 0 Å². The summed E-state index contributed by atoms with van der Waals surface area (Å²) in [5.41, 5.74) is 5.48. The minimum absolute atomic E-state index is 0.0137. The van der Waals surface area contributed by atoms with Gasteiger partial charge in [0.15, 0.2) is 0 Å². The first-order chi connectivity index (χ1) is 6.91. The Morgan fingerprint density at radius 1 is 1.77 bits per heavy atom. The molecule has 0 aliphatic heterocycles. The molecule has 0 saturated heterocycles. The van der Waals surface area contributed by atoms with Crippen molar-refractivity contribution in [1.29, 1.82) is 0 Å². The number of hydrogen-bond donors (Lipinski definition) is 3. The summed E-state index contributed by atoms with van der Waals surface area (Å²) in [6.07, 6.45) is -1.20. The number of hydrogen-bond acceptors (Lipinski definition) is 3. The molecular formula is C9H11NO3. The van der Waals surface area contributed by atoms with Gasteiger partial charge in [0.25, 0.3) is 0 Å². The van der Waals surface area contributed by atoms with Gasteiger partial charge in [0.05, 0.1) is 1.37 Å². The van der Waals surface area contributed by atoms with Gasteiger partial charge in [0.1, 0.15) is 11.8 Å². The number of aliphatic carboxylic acids is 1. The second kappa shape index (κ2) is 3.91. The van der Waals surface area contributed by atoms with Crippen molar-refractivity contribution in [1.82, 2.24) is 0 Å². The number of carboxylic acids is 1. The molecule has 1 rings (SSSR count). The fraction of sp³-hybridized carbons (Fsp3) is 0.222. The zero-order valence-electron chi connectivity index (χ0n) is 8.77. The highest BCUT2D eigenvalue weighted by atomic mass is 16.4. The van der Waals surface area contributed by atoms with Crippen molar-refractivity contribution < 1.29 is 17.7 Å². The van der Waals surface area contributed by atoms with Crippen molar-refractivity contribution in [3.05, 3.63) is 29.8 Å². The molecule has 70 valence electrons. The fourth-order valence-corrected chi connectivity index (χ4v) is 0.852. The second-order valence-electron chi connectivity index (χ2n) is 2.56. The molecule has 4 N–H and O–H groups in total. The summed E-state index contributed by atoms with van der Waals surface area (Å²) < 4.78 is 14.8. The van der Waals surface area contributed by atoms with Crippen LogP contribution < -0.4 is 5.73 Å². The quantitative estimate of drug-likeness (QED) is 0.631. The van der Waals surface area contributed by atoms with E-state index in [9.17, 15) is 9.90 Å². The third-order valence-electron chi connectivity index (χ3n) is 1.45. The fourth-order valence-electron chi connectivity index (χ4n) is 0.852. The number of carbonyl (C=O) groups is 1. The molecule has 4 heteroatoms. The lowest BCUT2D eigenvalue weighted by atomic mass is 10.1. The molecule has 0 bridgehead atoms. The molecule has 0 radical (unpaired) electrons. The Morgan fingerprint density at radius 3 is 3.00 bits per heavy atom. The van der Waals surface area contributed by atoms with Crippen molar-refractivity contribution in [2.45, 2.75) is 12.4 Å². The van der Waals surface area contributed by atoms with Gasteiger partial charge in [0, 0.05) is 1.37 Å². The Labute approximate surface area is 78.4 Å². The molecular weight excluding hydrogens is 170 g/mol. The standard InChI is InChI=1S/C9H11NO3/c10-8(9(12)13)5-6-2-1-3-7(11)4-6/h1-4,8,11H,5,10H2,(H,12,13)/t8-/m0/s1/i1D,5D/t5?,8-. The van der Waals surface area contributed by atoms with Crippen molar-refractivity contribution >= 4 is 5.97 Å². The van der Waals surface area contributed by atoms with E-state index in [-0.39, 0.29) is 17.4 Å². The summed E-state index contributed by atoms with van der Waals surface area (Å²) >= 11 is 0. The maximum absolute atomic E-state index is 10.5. The van der Waals surface area contributed by atoms with Crippen LogP contribution in [-0.4, -0.2) is 22.2 Å². The highest BCUT2D eigenvalue weighted by Crippen LogP contribution is 2.11. The van der Waals surface area contributed by atoms with Gasteiger partial charge in [-0.3, -0.25) is 4.79 Å². The van der Waals surface area contributed by atoms with Gasteiger partial charge in [-0.2, -0.15) is 0 Å². The van der Waals surface area contributed by atoms with Crippen LogP contribution in [0, 0.1) is 0 Å². The topological polar surface area (TPSA) is 83.5 Å². The maximum Gasteiger partial charge on any atom is 0.320 e. The van der Waals surface area contributed by atoms with E-state index < -0.39 is 18.4 Å². The average Bonchev–Trinajstić information content (AvgIpc) is 2.13. The highest BCUT2D eigenvalue weighted by Gasteiger charge is 2.11. The molecule has 13 heavy (non-hydrogen) atoms. The van der Waals surface area contributed by atoms with Gasteiger partial charge < -0.3 is 15.9 Å². The molecule has 2 atom stereocenters. The Kier molecular flexibility index (Phi) is 2.08. The van der Waals surface area contributed by atoms with Crippen molar-refractivity contribution in [2.24, 2.45) is 5.73 Å². The SMILES string of the molecule is [2H]c1cc(O)cc(C([2H])[C@H](N)C(=O)O)c1. The molecule has 0 amide bonds. The third kappa shape index (κ3) is 2.76. The highest BCUT2D eigenvalue weighted by molar-refractivity contribution is 5.73. The molecule has 1 aromatic rings. The molecule has 0 saturated carbocycles. The number of benzene rings is 1. The monoisotopic (exact) mass is 183 g/mol.